The van der Waals surface area contributed by atoms with E-state index in [1.54, 1.807) is 0 Å². The number of nitrogens with zero attached hydrogens (tertiary/aromatic N) is 5. The Morgan fingerprint density at radius 3 is 2.74 bits per heavy atom. The second-order valence-corrected chi connectivity index (χ2v) is 10.2. The number of nitrogens with one attached hydrogen (secondary N) is 1. The fraction of sp³-hybridized carbons (Fsp3) is 0.464. The van der Waals surface area contributed by atoms with Crippen molar-refractivity contribution in [3.63, 3.8) is 0 Å². The Kier molecular flexibility index (Phi) is 7.29. The van der Waals surface area contributed by atoms with E-state index >= 15 is 0 Å². The highest BCUT2D eigenvalue weighted by Crippen LogP contribution is 2.36. The topological polar surface area (TPSA) is 132 Å². The first-order valence-electron chi connectivity index (χ1n) is 13.1. The highest BCUT2D eigenvalue weighted by molar-refractivity contribution is 5.98. The van der Waals surface area contributed by atoms with E-state index < -0.39 is 12.0 Å². The number of carbonyl (C=O) groups excluding carboxylic acids is 1. The summed E-state index contributed by atoms with van der Waals surface area (Å²) < 4.78 is 12.8. The molecule has 1 saturated carbocycles. The van der Waals surface area contributed by atoms with Crippen LogP contribution >= 0.6 is 0 Å². The maximum atomic E-state index is 11.4. The highest BCUT2D eigenvalue weighted by Gasteiger charge is 2.30. The standard InChI is InChI=1S/C28H33N7O3/c1-4-19-8-10-20(11-9-19)15-35-23-22(21-7-5-6-17(2)14-21)31-26(24(29)38-27(30)36)32-25(23)33-28(35)34-12-13-37-16-18(34)3/h1,5-7,14,18-20,29H,8-13,15-16H2,2-3H3,(H2,30,36)/t18-,19?,20?/m1/s1. The van der Waals surface area contributed by atoms with Gasteiger partial charge in [-0.1, -0.05) is 23.8 Å². The van der Waals surface area contributed by atoms with E-state index in [2.05, 4.69) is 27.3 Å². The molecular weight excluding hydrogens is 482 g/mol. The minimum atomic E-state index is -1.09. The summed E-state index contributed by atoms with van der Waals surface area (Å²) in [7, 11) is 0. The minimum absolute atomic E-state index is 0.0476. The molecule has 1 saturated heterocycles. The molecule has 1 aromatic carbocycles. The van der Waals surface area contributed by atoms with Gasteiger partial charge in [0, 0.05) is 24.6 Å². The fourth-order valence-electron chi connectivity index (χ4n) is 5.45. The summed E-state index contributed by atoms with van der Waals surface area (Å²) in [6.45, 7) is 6.81. The molecule has 10 heteroatoms. The number of nitrogens with two attached hydrogens (primary N) is 1. The predicted octanol–water partition coefficient (Wildman–Crippen LogP) is 3.89. The van der Waals surface area contributed by atoms with Crippen LogP contribution in [0.2, 0.25) is 0 Å². The number of aryl methyl sites for hydroxylation is 1. The minimum Gasteiger partial charge on any atom is -0.388 e. The van der Waals surface area contributed by atoms with E-state index in [4.69, 9.17) is 37.0 Å². The normalized spacial score (nSPS) is 21.7. The number of imidazole rings is 1. The van der Waals surface area contributed by atoms with Gasteiger partial charge in [0.1, 0.15) is 11.2 Å². The lowest BCUT2D eigenvalue weighted by molar-refractivity contribution is 0.0976. The number of ether oxygens (including phenoxy) is 2. The van der Waals surface area contributed by atoms with Crippen molar-refractivity contribution < 1.29 is 14.3 Å². The van der Waals surface area contributed by atoms with Crippen LogP contribution < -0.4 is 10.6 Å². The molecule has 0 unspecified atom stereocenters. The first-order chi connectivity index (χ1) is 18.3. The number of anilines is 1. The molecule has 2 aliphatic rings. The lowest BCUT2D eigenvalue weighted by atomic mass is 9.82. The molecule has 1 atom stereocenters. The summed E-state index contributed by atoms with van der Waals surface area (Å²) in [6, 6.07) is 8.13. The Hall–Kier alpha value is -3.97. The van der Waals surface area contributed by atoms with Crippen molar-refractivity contribution in [2.45, 2.75) is 52.1 Å². The molecule has 3 N–H and O–H groups in total. The number of amides is 1. The van der Waals surface area contributed by atoms with Crippen molar-refractivity contribution in [3.8, 4) is 23.6 Å². The Morgan fingerprint density at radius 2 is 2.05 bits per heavy atom. The summed E-state index contributed by atoms with van der Waals surface area (Å²) in [6.07, 6.45) is 8.74. The van der Waals surface area contributed by atoms with Crippen molar-refractivity contribution in [1.29, 1.82) is 5.41 Å². The van der Waals surface area contributed by atoms with E-state index in [0.717, 1.165) is 54.8 Å². The van der Waals surface area contributed by atoms with E-state index in [1.165, 1.54) is 0 Å². The molecular formula is C28H33N7O3. The summed E-state index contributed by atoms with van der Waals surface area (Å²) in [5.74, 6) is 3.94. The van der Waals surface area contributed by atoms with Crippen LogP contribution in [0.1, 0.15) is 44.0 Å². The molecule has 5 rings (SSSR count). The number of fused-ring (bicyclic) bond motifs is 1. The molecule has 0 radical (unpaired) electrons. The molecule has 0 spiro atoms. The first-order valence-corrected chi connectivity index (χ1v) is 13.1. The van der Waals surface area contributed by atoms with Crippen LogP contribution in [-0.4, -0.2) is 57.3 Å². The van der Waals surface area contributed by atoms with Gasteiger partial charge in [0.15, 0.2) is 5.65 Å². The van der Waals surface area contributed by atoms with E-state index in [9.17, 15) is 4.79 Å². The van der Waals surface area contributed by atoms with Gasteiger partial charge < -0.3 is 24.7 Å². The molecule has 3 heterocycles. The van der Waals surface area contributed by atoms with Crippen LogP contribution in [0, 0.1) is 36.5 Å². The van der Waals surface area contributed by atoms with Crippen molar-refractivity contribution >= 4 is 29.1 Å². The molecule has 1 aliphatic carbocycles. The zero-order chi connectivity index (χ0) is 26.8. The highest BCUT2D eigenvalue weighted by atomic mass is 16.6. The molecule has 198 valence electrons. The summed E-state index contributed by atoms with van der Waals surface area (Å²) >= 11 is 0. The average molecular weight is 516 g/mol. The lowest BCUT2D eigenvalue weighted by Gasteiger charge is -2.35. The molecule has 0 bridgehead atoms. The second-order valence-electron chi connectivity index (χ2n) is 10.2. The molecule has 2 fully saturated rings. The van der Waals surface area contributed by atoms with E-state index in [1.807, 2.05) is 31.2 Å². The van der Waals surface area contributed by atoms with Gasteiger partial charge in [0.25, 0.3) is 5.90 Å². The monoisotopic (exact) mass is 515 g/mol. The number of primary amides is 1. The van der Waals surface area contributed by atoms with Gasteiger partial charge in [-0.2, -0.15) is 4.98 Å². The van der Waals surface area contributed by atoms with Crippen LogP contribution in [0.25, 0.3) is 22.4 Å². The molecule has 38 heavy (non-hydrogen) atoms. The molecule has 10 nitrogen and oxygen atoms in total. The smallest absolute Gasteiger partial charge is 0.388 e. The number of hydrogen-bond donors (Lipinski definition) is 2. The summed E-state index contributed by atoms with van der Waals surface area (Å²) in [5, 5.41) is 8.24. The number of terminal acetylenes is 1. The Balaban J connectivity index is 1.69. The van der Waals surface area contributed by atoms with Crippen LogP contribution in [0.4, 0.5) is 10.7 Å². The number of morpholine rings is 1. The largest absolute Gasteiger partial charge is 0.411 e. The number of rotatable bonds is 5. The quantitative estimate of drug-likeness (QED) is 0.299. The number of hydrogen-bond acceptors (Lipinski definition) is 8. The zero-order valence-corrected chi connectivity index (χ0v) is 21.8. The molecule has 1 amide bonds. The van der Waals surface area contributed by atoms with Crippen molar-refractivity contribution in [2.75, 3.05) is 24.7 Å². The van der Waals surface area contributed by atoms with Crippen molar-refractivity contribution in [2.24, 2.45) is 17.6 Å². The van der Waals surface area contributed by atoms with Gasteiger partial charge in [-0.3, -0.25) is 5.41 Å². The third-order valence-electron chi connectivity index (χ3n) is 7.43. The molecule has 2 aromatic heterocycles. The van der Waals surface area contributed by atoms with E-state index in [-0.39, 0.29) is 11.9 Å². The van der Waals surface area contributed by atoms with Gasteiger partial charge >= 0.3 is 6.09 Å². The first kappa shape index (κ1) is 25.7. The SMILES string of the molecule is C#CC1CCC(Cn2c(N3CCOC[C@H]3C)nc3nc(C(=N)OC(N)=O)nc(-c4cccc(C)c4)c32)CC1. The van der Waals surface area contributed by atoms with Gasteiger partial charge in [-0.15, -0.1) is 12.3 Å². The van der Waals surface area contributed by atoms with Gasteiger partial charge in [0.2, 0.25) is 11.8 Å². The van der Waals surface area contributed by atoms with Gasteiger partial charge in [-0.05, 0) is 51.5 Å². The van der Waals surface area contributed by atoms with Crippen molar-refractivity contribution in [1.82, 2.24) is 19.5 Å². The Bertz CT molecular complexity index is 1400. The predicted molar refractivity (Wildman–Crippen MR) is 145 cm³/mol. The van der Waals surface area contributed by atoms with Gasteiger partial charge in [-0.25, -0.2) is 14.8 Å². The number of carbonyl (C=O) groups is 1. The number of aromatic nitrogens is 4. The van der Waals surface area contributed by atoms with Crippen LogP contribution in [-0.2, 0) is 16.0 Å². The maximum Gasteiger partial charge on any atom is 0.411 e. The lowest BCUT2D eigenvalue weighted by Crippen LogP contribution is -2.45. The summed E-state index contributed by atoms with van der Waals surface area (Å²) in [4.78, 5) is 27.9. The Labute approximate surface area is 222 Å². The zero-order valence-electron chi connectivity index (χ0n) is 21.8. The molecule has 1 aliphatic heterocycles. The third-order valence-corrected chi connectivity index (χ3v) is 7.43. The Morgan fingerprint density at radius 1 is 1.26 bits per heavy atom. The number of benzene rings is 1. The maximum absolute atomic E-state index is 11.4. The average Bonchev–Trinajstić information content (AvgIpc) is 3.26. The van der Waals surface area contributed by atoms with Crippen LogP contribution in [0.5, 0.6) is 0 Å². The second kappa shape index (κ2) is 10.8. The fourth-order valence-corrected chi connectivity index (χ4v) is 5.45. The van der Waals surface area contributed by atoms with Crippen molar-refractivity contribution in [3.05, 3.63) is 35.7 Å². The third kappa shape index (κ3) is 5.20. The van der Waals surface area contributed by atoms with Crippen LogP contribution in [0.15, 0.2) is 24.3 Å². The van der Waals surface area contributed by atoms with E-state index in [0.29, 0.717) is 42.9 Å². The van der Waals surface area contributed by atoms with Crippen LogP contribution in [0.3, 0.4) is 0 Å². The summed E-state index contributed by atoms with van der Waals surface area (Å²) in [5.41, 5.74) is 8.96. The van der Waals surface area contributed by atoms with Gasteiger partial charge in [0.05, 0.1) is 19.3 Å². The molecule has 3 aromatic rings.